The zero-order valence-electron chi connectivity index (χ0n) is 13.6. The van der Waals surface area contributed by atoms with Crippen molar-refractivity contribution in [3.63, 3.8) is 0 Å². The van der Waals surface area contributed by atoms with Crippen molar-refractivity contribution in [2.24, 2.45) is 5.41 Å². The second-order valence-corrected chi connectivity index (χ2v) is 6.34. The molecule has 1 aliphatic rings. The lowest BCUT2D eigenvalue weighted by Crippen LogP contribution is -2.34. The first kappa shape index (κ1) is 17.9. The number of aromatic nitrogens is 2. The third-order valence-electron chi connectivity index (χ3n) is 4.34. The fraction of sp³-hybridized carbons (Fsp3) is 0.375. The molecule has 1 amide bonds. The van der Waals surface area contributed by atoms with E-state index in [1.165, 1.54) is 29.2 Å². The van der Waals surface area contributed by atoms with E-state index < -0.39 is 23.5 Å². The fourth-order valence-corrected chi connectivity index (χ4v) is 2.71. The zero-order valence-corrected chi connectivity index (χ0v) is 13.6. The van der Waals surface area contributed by atoms with Crippen molar-refractivity contribution in [1.82, 2.24) is 15.0 Å². The van der Waals surface area contributed by atoms with Crippen LogP contribution < -0.4 is 0 Å². The Labute approximate surface area is 145 Å². The van der Waals surface area contributed by atoms with Crippen LogP contribution in [0.4, 0.5) is 13.2 Å². The van der Waals surface area contributed by atoms with Gasteiger partial charge in [0, 0.05) is 24.2 Å². The first-order valence-corrected chi connectivity index (χ1v) is 7.64. The zero-order chi connectivity index (χ0) is 19.1. The van der Waals surface area contributed by atoms with Gasteiger partial charge in [-0.2, -0.15) is 18.2 Å². The number of halogens is 3. The van der Waals surface area contributed by atoms with Gasteiger partial charge in [-0.3, -0.25) is 9.59 Å². The van der Waals surface area contributed by atoms with Gasteiger partial charge in [-0.15, -0.1) is 0 Å². The molecule has 0 saturated carbocycles. The first-order valence-electron chi connectivity index (χ1n) is 7.64. The Morgan fingerprint density at radius 3 is 2.42 bits per heavy atom. The van der Waals surface area contributed by atoms with Gasteiger partial charge in [-0.25, -0.2) is 0 Å². The number of hydrogen-bond donors (Lipinski definition) is 1. The lowest BCUT2D eigenvalue weighted by atomic mass is 9.90. The third kappa shape index (κ3) is 3.26. The van der Waals surface area contributed by atoms with Crippen LogP contribution in [-0.2, 0) is 11.0 Å². The Bertz CT molecular complexity index is 847. The molecule has 10 heteroatoms. The molecular weight excluding hydrogens is 355 g/mol. The summed E-state index contributed by atoms with van der Waals surface area (Å²) >= 11 is 0. The monoisotopic (exact) mass is 369 g/mol. The number of amides is 1. The van der Waals surface area contributed by atoms with Crippen molar-refractivity contribution >= 4 is 11.9 Å². The molecule has 0 aliphatic carbocycles. The van der Waals surface area contributed by atoms with Gasteiger partial charge in [0.25, 0.3) is 5.91 Å². The normalized spacial score (nSPS) is 20.4. The maximum atomic E-state index is 12.5. The molecule has 1 fully saturated rings. The van der Waals surface area contributed by atoms with Gasteiger partial charge in [0.1, 0.15) is 0 Å². The van der Waals surface area contributed by atoms with Gasteiger partial charge in [0.15, 0.2) is 0 Å². The maximum absolute atomic E-state index is 12.5. The van der Waals surface area contributed by atoms with Gasteiger partial charge in [-0.05, 0) is 25.5 Å². The molecule has 0 bridgehead atoms. The molecule has 1 aromatic carbocycles. The minimum Gasteiger partial charge on any atom is -0.481 e. The molecule has 2 heterocycles. The highest BCUT2D eigenvalue weighted by atomic mass is 19.4. The summed E-state index contributed by atoms with van der Waals surface area (Å²) < 4.78 is 41.6. The Morgan fingerprint density at radius 1 is 1.27 bits per heavy atom. The minimum atomic E-state index is -4.73. The van der Waals surface area contributed by atoms with E-state index in [0.717, 1.165) is 0 Å². The van der Waals surface area contributed by atoms with E-state index in [0.29, 0.717) is 18.5 Å². The number of likely N-dealkylation sites (tertiary alicyclic amines) is 1. The quantitative estimate of drug-likeness (QED) is 0.894. The number of hydrogen-bond acceptors (Lipinski definition) is 5. The van der Waals surface area contributed by atoms with Crippen LogP contribution in [0.1, 0.15) is 29.6 Å². The van der Waals surface area contributed by atoms with Crippen molar-refractivity contribution in [1.29, 1.82) is 0 Å². The average Bonchev–Trinajstić information content (AvgIpc) is 3.22. The van der Waals surface area contributed by atoms with Gasteiger partial charge >= 0.3 is 18.0 Å². The third-order valence-corrected chi connectivity index (χ3v) is 4.34. The number of carboxylic acid groups (broad SMARTS) is 1. The number of carboxylic acids is 1. The lowest BCUT2D eigenvalue weighted by Gasteiger charge is -2.20. The second kappa shape index (κ2) is 6.11. The van der Waals surface area contributed by atoms with Crippen molar-refractivity contribution in [3.05, 3.63) is 35.7 Å². The molecule has 26 heavy (non-hydrogen) atoms. The van der Waals surface area contributed by atoms with Crippen molar-refractivity contribution in [3.8, 4) is 11.4 Å². The van der Waals surface area contributed by atoms with E-state index in [-0.39, 0.29) is 23.8 Å². The van der Waals surface area contributed by atoms with Gasteiger partial charge < -0.3 is 14.5 Å². The van der Waals surface area contributed by atoms with Crippen LogP contribution in [0.15, 0.2) is 28.8 Å². The van der Waals surface area contributed by atoms with Crippen molar-refractivity contribution < 1.29 is 32.4 Å². The number of aliphatic carboxylic acids is 1. The summed E-state index contributed by atoms with van der Waals surface area (Å²) in [5.41, 5.74) is -0.422. The molecule has 1 N–H and O–H groups in total. The molecule has 1 aliphatic heterocycles. The van der Waals surface area contributed by atoms with Gasteiger partial charge in [0.2, 0.25) is 5.82 Å². The number of carbonyl (C=O) groups is 2. The first-order chi connectivity index (χ1) is 12.1. The number of alkyl halides is 3. The predicted octanol–water partition coefficient (Wildman–Crippen LogP) is 2.69. The van der Waals surface area contributed by atoms with Crippen LogP contribution in [-0.4, -0.2) is 45.1 Å². The molecule has 2 aromatic rings. The highest BCUT2D eigenvalue weighted by molar-refractivity contribution is 5.95. The van der Waals surface area contributed by atoms with Gasteiger partial charge in [-0.1, -0.05) is 17.3 Å². The summed E-state index contributed by atoms with van der Waals surface area (Å²) in [6.07, 6.45) is -4.37. The Morgan fingerprint density at radius 2 is 1.92 bits per heavy atom. The Balaban J connectivity index is 1.75. The summed E-state index contributed by atoms with van der Waals surface area (Å²) in [6.45, 7) is 2.01. The standard InChI is InChI=1S/C16H14F3N3O4/c1-15(14(24)25)6-7-22(8-15)12(23)10-4-2-9(3-5-10)11-20-13(26-21-11)16(17,18)19/h2-5H,6-8H2,1H3,(H,24,25). The van der Waals surface area contributed by atoms with Crippen molar-refractivity contribution in [2.45, 2.75) is 19.5 Å². The molecule has 1 saturated heterocycles. The van der Waals surface area contributed by atoms with Gasteiger partial charge in [0.05, 0.1) is 5.41 Å². The summed E-state index contributed by atoms with van der Waals surface area (Å²) in [4.78, 5) is 28.5. The molecule has 138 valence electrons. The van der Waals surface area contributed by atoms with Crippen LogP contribution in [0.5, 0.6) is 0 Å². The maximum Gasteiger partial charge on any atom is 0.471 e. The van der Waals surface area contributed by atoms with E-state index >= 15 is 0 Å². The largest absolute Gasteiger partial charge is 0.481 e. The molecule has 1 atom stereocenters. The van der Waals surface area contributed by atoms with Crippen LogP contribution in [0.3, 0.4) is 0 Å². The van der Waals surface area contributed by atoms with Crippen molar-refractivity contribution in [2.75, 3.05) is 13.1 Å². The SMILES string of the molecule is CC1(C(=O)O)CCN(C(=O)c2ccc(-c3noc(C(F)(F)F)n3)cc2)C1. The van der Waals surface area contributed by atoms with Crippen LogP contribution in [0.25, 0.3) is 11.4 Å². The molecule has 0 radical (unpaired) electrons. The average molecular weight is 369 g/mol. The van der Waals surface area contributed by atoms with E-state index in [2.05, 4.69) is 14.7 Å². The number of nitrogens with zero attached hydrogens (tertiary/aromatic N) is 3. The number of rotatable bonds is 3. The molecule has 1 unspecified atom stereocenters. The smallest absolute Gasteiger partial charge is 0.471 e. The van der Waals surface area contributed by atoms with E-state index in [1.807, 2.05) is 0 Å². The van der Waals surface area contributed by atoms with Crippen LogP contribution in [0.2, 0.25) is 0 Å². The highest BCUT2D eigenvalue weighted by Gasteiger charge is 2.42. The molecule has 7 nitrogen and oxygen atoms in total. The van der Waals surface area contributed by atoms with Crippen LogP contribution in [0, 0.1) is 5.41 Å². The fourth-order valence-electron chi connectivity index (χ4n) is 2.71. The predicted molar refractivity (Wildman–Crippen MR) is 81.0 cm³/mol. The van der Waals surface area contributed by atoms with E-state index in [9.17, 15) is 27.9 Å². The summed E-state index contributed by atoms with van der Waals surface area (Å²) in [6, 6.07) is 5.67. The Kier molecular flexibility index (Phi) is 4.21. The number of carbonyl (C=O) groups excluding carboxylic acids is 1. The minimum absolute atomic E-state index is 0.0999. The second-order valence-electron chi connectivity index (χ2n) is 6.34. The van der Waals surface area contributed by atoms with E-state index in [4.69, 9.17) is 0 Å². The topological polar surface area (TPSA) is 96.5 Å². The molecule has 0 spiro atoms. The Hall–Kier alpha value is -2.91. The summed E-state index contributed by atoms with van der Waals surface area (Å²) in [7, 11) is 0. The number of benzene rings is 1. The lowest BCUT2D eigenvalue weighted by molar-refractivity contribution is -0.159. The summed E-state index contributed by atoms with van der Waals surface area (Å²) in [5, 5.41) is 12.5. The van der Waals surface area contributed by atoms with Crippen LogP contribution >= 0.6 is 0 Å². The molecular formula is C16H14F3N3O4. The molecule has 3 rings (SSSR count). The summed E-state index contributed by atoms with van der Waals surface area (Å²) in [5.74, 6) is -2.99. The van der Waals surface area contributed by atoms with E-state index in [1.54, 1.807) is 6.92 Å². The highest BCUT2D eigenvalue weighted by Crippen LogP contribution is 2.32. The molecule has 1 aromatic heterocycles.